The highest BCUT2D eigenvalue weighted by molar-refractivity contribution is 9.10. The topological polar surface area (TPSA) is 4.93 Å². The Morgan fingerprint density at radius 1 is 0.630 bits per heavy atom. The Balaban J connectivity index is 1.81. The Labute approximate surface area is 167 Å². The zero-order valence-electron chi connectivity index (χ0n) is 15.0. The third kappa shape index (κ3) is 2.60. The van der Waals surface area contributed by atoms with Crippen molar-refractivity contribution >= 4 is 37.7 Å². The maximum Gasteiger partial charge on any atom is 0.0489 e. The smallest absolute Gasteiger partial charge is 0.0489 e. The van der Waals surface area contributed by atoms with E-state index in [1.807, 2.05) is 0 Å². The molecule has 0 N–H and O–H groups in total. The third-order valence-electron chi connectivity index (χ3n) is 5.30. The van der Waals surface area contributed by atoms with E-state index in [9.17, 15) is 0 Å². The van der Waals surface area contributed by atoms with E-state index in [1.165, 1.54) is 44.1 Å². The van der Waals surface area contributed by atoms with Crippen molar-refractivity contribution in [2.75, 3.05) is 0 Å². The van der Waals surface area contributed by atoms with Gasteiger partial charge in [-0.1, -0.05) is 82.7 Å². The summed E-state index contributed by atoms with van der Waals surface area (Å²) in [5.41, 5.74) is 7.45. The second kappa shape index (κ2) is 6.40. The average Bonchev–Trinajstić information content (AvgIpc) is 3.01. The van der Waals surface area contributed by atoms with Crippen molar-refractivity contribution in [1.82, 2.24) is 4.57 Å². The van der Waals surface area contributed by atoms with Crippen molar-refractivity contribution in [3.8, 4) is 22.3 Å². The normalized spacial score (nSPS) is 11.3. The molecule has 0 radical (unpaired) electrons. The maximum atomic E-state index is 3.79. The summed E-state index contributed by atoms with van der Waals surface area (Å²) in [5, 5.41) is 2.59. The van der Waals surface area contributed by atoms with Crippen LogP contribution in [0.3, 0.4) is 0 Å². The van der Waals surface area contributed by atoms with Crippen LogP contribution in [0.2, 0.25) is 0 Å². The van der Waals surface area contributed by atoms with Crippen LogP contribution in [0, 0.1) is 0 Å². The summed E-state index contributed by atoms with van der Waals surface area (Å²) in [6.45, 7) is 0. The van der Waals surface area contributed by atoms with Gasteiger partial charge in [0, 0.05) is 38.9 Å². The fraction of sp³-hybridized carbons (Fsp3) is 0.0400. The van der Waals surface area contributed by atoms with Gasteiger partial charge in [0.25, 0.3) is 0 Å². The molecule has 0 amide bonds. The van der Waals surface area contributed by atoms with Gasteiger partial charge in [-0.2, -0.15) is 0 Å². The maximum absolute atomic E-state index is 3.79. The molecular weight excluding hydrogens is 394 g/mol. The Morgan fingerprint density at radius 2 is 1.37 bits per heavy atom. The minimum Gasteiger partial charge on any atom is -0.344 e. The fourth-order valence-corrected chi connectivity index (χ4v) is 4.59. The Kier molecular flexibility index (Phi) is 3.87. The monoisotopic (exact) mass is 411 g/mol. The number of aryl methyl sites for hydroxylation is 1. The summed E-state index contributed by atoms with van der Waals surface area (Å²) < 4.78 is 3.38. The van der Waals surface area contributed by atoms with Gasteiger partial charge in [0.05, 0.1) is 0 Å². The first-order chi connectivity index (χ1) is 13.2. The number of hydrogen-bond acceptors (Lipinski definition) is 0. The number of nitrogens with zero attached hydrogens (tertiary/aromatic N) is 1. The number of halogens is 1. The van der Waals surface area contributed by atoms with Gasteiger partial charge in [0.1, 0.15) is 0 Å². The van der Waals surface area contributed by atoms with Crippen LogP contribution in [-0.2, 0) is 7.05 Å². The zero-order valence-corrected chi connectivity index (χ0v) is 16.6. The Morgan fingerprint density at radius 3 is 2.22 bits per heavy atom. The zero-order chi connectivity index (χ0) is 18.4. The standard InChI is InChI=1S/C25H18BrN/c1-27-23-13-6-5-10-20(23)21-16-18(14-15-24(21)27)25-19(11-7-12-22(25)26)17-8-3-2-4-9-17/h2-16H,1H3. The van der Waals surface area contributed by atoms with Gasteiger partial charge in [-0.05, 0) is 41.0 Å². The molecule has 0 saturated heterocycles. The molecule has 0 fully saturated rings. The van der Waals surface area contributed by atoms with E-state index in [2.05, 4.69) is 119 Å². The van der Waals surface area contributed by atoms with Gasteiger partial charge in [-0.3, -0.25) is 0 Å². The van der Waals surface area contributed by atoms with Crippen LogP contribution in [0.5, 0.6) is 0 Å². The molecule has 130 valence electrons. The average molecular weight is 412 g/mol. The molecule has 0 atom stereocenters. The van der Waals surface area contributed by atoms with Crippen molar-refractivity contribution in [1.29, 1.82) is 0 Å². The first-order valence-electron chi connectivity index (χ1n) is 9.05. The van der Waals surface area contributed by atoms with Gasteiger partial charge in [-0.15, -0.1) is 0 Å². The molecule has 0 spiro atoms. The molecule has 2 heteroatoms. The second-order valence-electron chi connectivity index (χ2n) is 6.84. The van der Waals surface area contributed by atoms with E-state index in [1.54, 1.807) is 0 Å². The summed E-state index contributed by atoms with van der Waals surface area (Å²) in [5.74, 6) is 0. The molecule has 5 rings (SSSR count). The summed E-state index contributed by atoms with van der Waals surface area (Å²) in [6.07, 6.45) is 0. The number of para-hydroxylation sites is 1. The minimum absolute atomic E-state index is 1.11. The fourth-order valence-electron chi connectivity index (χ4n) is 4.00. The van der Waals surface area contributed by atoms with Gasteiger partial charge in [0.15, 0.2) is 0 Å². The summed E-state index contributed by atoms with van der Waals surface area (Å²) in [4.78, 5) is 0. The van der Waals surface area contributed by atoms with Crippen LogP contribution in [-0.4, -0.2) is 4.57 Å². The lowest BCUT2D eigenvalue weighted by molar-refractivity contribution is 1.01. The molecule has 0 aliphatic heterocycles. The lowest BCUT2D eigenvalue weighted by Crippen LogP contribution is -1.88. The molecule has 1 nitrogen and oxygen atoms in total. The molecule has 0 aliphatic rings. The molecular formula is C25H18BrN. The van der Waals surface area contributed by atoms with Crippen LogP contribution in [0.25, 0.3) is 44.1 Å². The van der Waals surface area contributed by atoms with Crippen LogP contribution in [0.15, 0.2) is 95.5 Å². The molecule has 0 aliphatic carbocycles. The molecule has 1 heterocycles. The van der Waals surface area contributed by atoms with E-state index in [-0.39, 0.29) is 0 Å². The highest BCUT2D eigenvalue weighted by atomic mass is 79.9. The first-order valence-corrected chi connectivity index (χ1v) is 9.85. The molecule has 0 saturated carbocycles. The van der Waals surface area contributed by atoms with Crippen molar-refractivity contribution in [3.63, 3.8) is 0 Å². The molecule has 0 unspecified atom stereocenters. The number of benzene rings is 4. The van der Waals surface area contributed by atoms with Crippen molar-refractivity contribution < 1.29 is 0 Å². The minimum atomic E-state index is 1.11. The number of aromatic nitrogens is 1. The lowest BCUT2D eigenvalue weighted by atomic mass is 9.94. The van der Waals surface area contributed by atoms with E-state index < -0.39 is 0 Å². The second-order valence-corrected chi connectivity index (χ2v) is 7.69. The summed E-state index contributed by atoms with van der Waals surface area (Å²) in [6, 6.07) is 32.4. The molecule has 27 heavy (non-hydrogen) atoms. The Bertz CT molecular complexity index is 1280. The number of rotatable bonds is 2. The lowest BCUT2D eigenvalue weighted by Gasteiger charge is -2.13. The van der Waals surface area contributed by atoms with Crippen molar-refractivity contribution in [3.05, 3.63) is 95.5 Å². The van der Waals surface area contributed by atoms with Gasteiger partial charge >= 0.3 is 0 Å². The molecule has 0 bridgehead atoms. The van der Waals surface area contributed by atoms with Gasteiger partial charge in [-0.25, -0.2) is 0 Å². The predicted molar refractivity (Wildman–Crippen MR) is 119 cm³/mol. The van der Waals surface area contributed by atoms with Crippen LogP contribution >= 0.6 is 15.9 Å². The molecule has 4 aromatic carbocycles. The SMILES string of the molecule is Cn1c2ccccc2c2cc(-c3c(Br)cccc3-c3ccccc3)ccc21. The Hall–Kier alpha value is -2.84. The van der Waals surface area contributed by atoms with Crippen molar-refractivity contribution in [2.24, 2.45) is 7.05 Å². The van der Waals surface area contributed by atoms with Crippen LogP contribution in [0.1, 0.15) is 0 Å². The van der Waals surface area contributed by atoms with E-state index in [4.69, 9.17) is 0 Å². The first kappa shape index (κ1) is 16.3. The molecule has 5 aromatic rings. The van der Waals surface area contributed by atoms with Crippen molar-refractivity contribution in [2.45, 2.75) is 0 Å². The number of hydrogen-bond donors (Lipinski definition) is 0. The van der Waals surface area contributed by atoms with Crippen LogP contribution < -0.4 is 0 Å². The van der Waals surface area contributed by atoms with Gasteiger partial charge in [0.2, 0.25) is 0 Å². The largest absolute Gasteiger partial charge is 0.344 e. The quantitative estimate of drug-likeness (QED) is 0.284. The summed E-state index contributed by atoms with van der Waals surface area (Å²) >= 11 is 3.79. The van der Waals surface area contributed by atoms with E-state index in [0.29, 0.717) is 0 Å². The van der Waals surface area contributed by atoms with Gasteiger partial charge < -0.3 is 4.57 Å². The summed E-state index contributed by atoms with van der Waals surface area (Å²) in [7, 11) is 2.14. The van der Waals surface area contributed by atoms with Crippen LogP contribution in [0.4, 0.5) is 0 Å². The number of fused-ring (bicyclic) bond motifs is 3. The third-order valence-corrected chi connectivity index (χ3v) is 5.96. The molecule has 1 aromatic heterocycles. The predicted octanol–water partition coefficient (Wildman–Crippen LogP) is 7.43. The highest BCUT2D eigenvalue weighted by Gasteiger charge is 2.14. The highest BCUT2D eigenvalue weighted by Crippen LogP contribution is 2.40. The van der Waals surface area contributed by atoms with E-state index >= 15 is 0 Å². The van der Waals surface area contributed by atoms with E-state index in [0.717, 1.165) is 4.47 Å².